The lowest BCUT2D eigenvalue weighted by atomic mass is 9.74. The first-order valence-electron chi connectivity index (χ1n) is 5.45. The van der Waals surface area contributed by atoms with E-state index >= 15 is 0 Å². The molecule has 1 heterocycles. The van der Waals surface area contributed by atoms with Gasteiger partial charge in [-0.25, -0.2) is 5.01 Å². The summed E-state index contributed by atoms with van der Waals surface area (Å²) in [4.78, 5) is 0. The van der Waals surface area contributed by atoms with Crippen LogP contribution in [0.1, 0.15) is 47.0 Å². The minimum absolute atomic E-state index is 0.107. The molecule has 0 aromatic rings. The number of hydrogen-bond acceptors (Lipinski definition) is 2. The maximum absolute atomic E-state index is 6.16. The summed E-state index contributed by atoms with van der Waals surface area (Å²) in [6, 6.07) is 0. The van der Waals surface area contributed by atoms with Gasteiger partial charge in [0.1, 0.15) is 0 Å². The van der Waals surface area contributed by atoms with Gasteiger partial charge in [0.2, 0.25) is 0 Å². The van der Waals surface area contributed by atoms with E-state index < -0.39 is 0 Å². The van der Waals surface area contributed by atoms with Crippen molar-refractivity contribution in [3.05, 3.63) is 12.7 Å². The Bertz CT molecular complexity index is 200. The molecule has 0 radical (unpaired) electrons. The number of rotatable bonds is 2. The Balaban J connectivity index is 2.80. The summed E-state index contributed by atoms with van der Waals surface area (Å²) < 4.78 is 0. The molecule has 1 aliphatic rings. The Morgan fingerprint density at radius 3 is 2.07 bits per heavy atom. The second-order valence-corrected chi connectivity index (χ2v) is 5.79. The topological polar surface area (TPSA) is 29.3 Å². The van der Waals surface area contributed by atoms with E-state index in [0.29, 0.717) is 0 Å². The summed E-state index contributed by atoms with van der Waals surface area (Å²) in [5.74, 6) is 6.89. The fourth-order valence-electron chi connectivity index (χ4n) is 2.90. The van der Waals surface area contributed by atoms with E-state index in [-0.39, 0.29) is 11.1 Å². The fourth-order valence-corrected chi connectivity index (χ4v) is 2.90. The molecule has 1 aliphatic heterocycles. The van der Waals surface area contributed by atoms with E-state index in [0.717, 1.165) is 12.3 Å². The first kappa shape index (κ1) is 11.7. The molecule has 1 saturated heterocycles. The molecular weight excluding hydrogens is 172 g/mol. The molecule has 0 saturated carbocycles. The summed E-state index contributed by atoms with van der Waals surface area (Å²) in [5, 5.41) is 2.03. The number of allylic oxidation sites excluding steroid dienone is 1. The van der Waals surface area contributed by atoms with Crippen LogP contribution in [0.25, 0.3) is 0 Å². The van der Waals surface area contributed by atoms with Crippen molar-refractivity contribution in [3.63, 3.8) is 0 Å². The van der Waals surface area contributed by atoms with Crippen molar-refractivity contribution in [2.45, 2.75) is 58.0 Å². The molecule has 2 N–H and O–H groups in total. The summed E-state index contributed by atoms with van der Waals surface area (Å²) in [7, 11) is 0. The second-order valence-electron chi connectivity index (χ2n) is 5.79. The molecule has 1 rings (SSSR count). The lowest BCUT2D eigenvalue weighted by Crippen LogP contribution is -2.63. The molecule has 2 nitrogen and oxygen atoms in total. The van der Waals surface area contributed by atoms with Crippen LogP contribution < -0.4 is 5.84 Å². The minimum atomic E-state index is 0.107. The van der Waals surface area contributed by atoms with Crippen molar-refractivity contribution in [1.29, 1.82) is 0 Å². The molecule has 82 valence electrons. The summed E-state index contributed by atoms with van der Waals surface area (Å²) in [6.45, 7) is 12.7. The van der Waals surface area contributed by atoms with E-state index in [1.807, 2.05) is 11.1 Å². The van der Waals surface area contributed by atoms with Gasteiger partial charge in [0.25, 0.3) is 0 Å². The van der Waals surface area contributed by atoms with E-state index in [1.54, 1.807) is 0 Å². The molecule has 0 amide bonds. The fraction of sp³-hybridized carbons (Fsp3) is 0.833. The first-order valence-corrected chi connectivity index (χ1v) is 5.45. The number of nitrogens with zero attached hydrogens (tertiary/aromatic N) is 1. The standard InChI is InChI=1S/C12H24N2/c1-6-7-10-8-11(2,3)14(13)12(4,5)9-10/h6,10H,1,7-9,13H2,2-5H3. The zero-order valence-electron chi connectivity index (χ0n) is 10.0. The number of hydrazine groups is 1. The maximum atomic E-state index is 6.16. The zero-order chi connectivity index (χ0) is 11.0. The van der Waals surface area contributed by atoms with Crippen LogP contribution in [0.5, 0.6) is 0 Å². The second kappa shape index (κ2) is 3.67. The van der Waals surface area contributed by atoms with Crippen LogP contribution in [0.4, 0.5) is 0 Å². The van der Waals surface area contributed by atoms with Crippen LogP contribution in [0.3, 0.4) is 0 Å². The van der Waals surface area contributed by atoms with Crippen molar-refractivity contribution in [1.82, 2.24) is 5.01 Å². The smallest absolute Gasteiger partial charge is 0.0304 e. The van der Waals surface area contributed by atoms with Gasteiger partial charge in [0.05, 0.1) is 0 Å². The van der Waals surface area contributed by atoms with Crippen molar-refractivity contribution >= 4 is 0 Å². The van der Waals surface area contributed by atoms with Crippen molar-refractivity contribution in [2.75, 3.05) is 0 Å². The monoisotopic (exact) mass is 196 g/mol. The molecule has 0 aromatic carbocycles. The molecule has 0 spiro atoms. The Hall–Kier alpha value is -0.340. The Kier molecular flexibility index (Phi) is 3.07. The molecular formula is C12H24N2. The molecule has 0 atom stereocenters. The molecule has 0 aliphatic carbocycles. The predicted octanol–water partition coefficient (Wildman–Crippen LogP) is 2.71. The molecule has 0 unspecified atom stereocenters. The largest absolute Gasteiger partial charge is 0.268 e. The molecule has 14 heavy (non-hydrogen) atoms. The van der Waals surface area contributed by atoms with Gasteiger partial charge in [-0.15, -0.1) is 6.58 Å². The maximum Gasteiger partial charge on any atom is 0.0304 e. The van der Waals surface area contributed by atoms with E-state index in [2.05, 4.69) is 34.3 Å². The average molecular weight is 196 g/mol. The SMILES string of the molecule is C=CCC1CC(C)(C)N(N)C(C)(C)C1. The summed E-state index contributed by atoms with van der Waals surface area (Å²) >= 11 is 0. The number of nitrogens with two attached hydrogens (primary N) is 1. The molecule has 1 fully saturated rings. The molecule has 0 bridgehead atoms. The van der Waals surface area contributed by atoms with Gasteiger partial charge in [0.15, 0.2) is 0 Å². The van der Waals surface area contributed by atoms with Crippen LogP contribution in [0, 0.1) is 5.92 Å². The van der Waals surface area contributed by atoms with Crippen LogP contribution in [-0.4, -0.2) is 16.1 Å². The normalized spacial score (nSPS) is 27.5. The van der Waals surface area contributed by atoms with Crippen LogP contribution in [0.15, 0.2) is 12.7 Å². The third kappa shape index (κ3) is 2.18. The highest BCUT2D eigenvalue weighted by molar-refractivity contribution is 4.98. The van der Waals surface area contributed by atoms with Gasteiger partial charge in [-0.2, -0.15) is 0 Å². The van der Waals surface area contributed by atoms with Crippen LogP contribution >= 0.6 is 0 Å². The highest BCUT2D eigenvalue weighted by Gasteiger charge is 2.43. The molecule has 0 aromatic heterocycles. The van der Waals surface area contributed by atoms with Gasteiger partial charge in [0, 0.05) is 11.1 Å². The lowest BCUT2D eigenvalue weighted by molar-refractivity contribution is -0.0521. The van der Waals surface area contributed by atoms with Gasteiger partial charge in [-0.1, -0.05) is 6.08 Å². The van der Waals surface area contributed by atoms with Gasteiger partial charge < -0.3 is 0 Å². The third-order valence-corrected chi connectivity index (χ3v) is 3.38. The third-order valence-electron chi connectivity index (χ3n) is 3.38. The van der Waals surface area contributed by atoms with Gasteiger partial charge >= 0.3 is 0 Å². The van der Waals surface area contributed by atoms with Crippen LogP contribution in [-0.2, 0) is 0 Å². The minimum Gasteiger partial charge on any atom is -0.268 e. The number of piperidine rings is 1. The van der Waals surface area contributed by atoms with Crippen molar-refractivity contribution in [3.8, 4) is 0 Å². The lowest BCUT2D eigenvalue weighted by Gasteiger charge is -2.52. The summed E-state index contributed by atoms with van der Waals surface area (Å²) in [6.07, 6.45) is 5.47. The van der Waals surface area contributed by atoms with E-state index in [1.165, 1.54) is 12.8 Å². The van der Waals surface area contributed by atoms with Crippen molar-refractivity contribution < 1.29 is 0 Å². The Morgan fingerprint density at radius 2 is 1.71 bits per heavy atom. The van der Waals surface area contributed by atoms with Crippen LogP contribution in [0.2, 0.25) is 0 Å². The van der Waals surface area contributed by atoms with Gasteiger partial charge in [-0.05, 0) is 52.9 Å². The quantitative estimate of drug-likeness (QED) is 0.543. The Labute approximate surface area is 88.1 Å². The van der Waals surface area contributed by atoms with Crippen molar-refractivity contribution in [2.24, 2.45) is 11.8 Å². The number of hydrogen-bond donors (Lipinski definition) is 1. The first-order chi connectivity index (χ1) is 6.29. The highest BCUT2D eigenvalue weighted by atomic mass is 15.5. The zero-order valence-corrected chi connectivity index (χ0v) is 10.0. The summed E-state index contributed by atoms with van der Waals surface area (Å²) in [5.41, 5.74) is 0.213. The Morgan fingerprint density at radius 1 is 1.29 bits per heavy atom. The molecule has 2 heteroatoms. The van der Waals surface area contributed by atoms with E-state index in [9.17, 15) is 0 Å². The highest BCUT2D eigenvalue weighted by Crippen LogP contribution is 2.40. The predicted molar refractivity (Wildman–Crippen MR) is 61.7 cm³/mol. The average Bonchev–Trinajstić information content (AvgIpc) is 1.99. The van der Waals surface area contributed by atoms with Gasteiger partial charge in [-0.3, -0.25) is 5.84 Å². The van der Waals surface area contributed by atoms with E-state index in [4.69, 9.17) is 5.84 Å².